The van der Waals surface area contributed by atoms with Crippen LogP contribution in [0.1, 0.15) is 51.6 Å². The van der Waals surface area contributed by atoms with Crippen LogP contribution in [0.3, 0.4) is 0 Å². The van der Waals surface area contributed by atoms with E-state index in [4.69, 9.17) is 5.73 Å². The number of nitrogen functional groups attached to an aromatic ring is 1. The maximum absolute atomic E-state index is 6.09. The Balaban J connectivity index is 1.89. The van der Waals surface area contributed by atoms with Crippen LogP contribution in [0.15, 0.2) is 0 Å². The van der Waals surface area contributed by atoms with Gasteiger partial charge in [-0.2, -0.15) is 5.10 Å². The van der Waals surface area contributed by atoms with Crippen LogP contribution >= 0.6 is 0 Å². The Labute approximate surface area is 116 Å². The number of aromatic nitrogens is 2. The number of hydrogen-bond acceptors (Lipinski definition) is 3. The first-order valence-corrected chi connectivity index (χ1v) is 7.72. The molecule has 1 aromatic rings. The first-order chi connectivity index (χ1) is 9.15. The van der Waals surface area contributed by atoms with E-state index < -0.39 is 0 Å². The Bertz CT molecular complexity index is 403. The maximum Gasteiger partial charge on any atom is 0.148 e. The summed E-state index contributed by atoms with van der Waals surface area (Å²) in [6, 6.07) is 0. The van der Waals surface area contributed by atoms with E-state index in [1.165, 1.54) is 32.1 Å². The topological polar surface area (TPSA) is 55.9 Å². The molecule has 0 spiro atoms. The van der Waals surface area contributed by atoms with Gasteiger partial charge in [0, 0.05) is 13.1 Å². The second kappa shape index (κ2) is 6.31. The molecule has 0 aliphatic heterocycles. The summed E-state index contributed by atoms with van der Waals surface area (Å²) < 4.78 is 1.97. The van der Waals surface area contributed by atoms with Gasteiger partial charge < -0.3 is 11.1 Å². The molecule has 3 N–H and O–H groups in total. The van der Waals surface area contributed by atoms with E-state index in [0.717, 1.165) is 42.1 Å². The standard InChI is InChI=1S/C15H28N4/c1-4-12-6-8-13(9-7-12)10-17-15-14(16)11(3)18-19(15)5-2/h12-13,17H,4-10,16H2,1-3H3. The van der Waals surface area contributed by atoms with Gasteiger partial charge in [-0.3, -0.25) is 0 Å². The number of hydrogen-bond donors (Lipinski definition) is 2. The van der Waals surface area contributed by atoms with Gasteiger partial charge in [-0.1, -0.05) is 26.2 Å². The number of nitrogens with zero attached hydrogens (tertiary/aromatic N) is 2. The Morgan fingerprint density at radius 2 is 1.84 bits per heavy atom. The molecule has 1 aliphatic rings. The molecule has 1 fully saturated rings. The third kappa shape index (κ3) is 3.23. The van der Waals surface area contributed by atoms with E-state index in [2.05, 4.69) is 24.3 Å². The van der Waals surface area contributed by atoms with Crippen molar-refractivity contribution in [2.75, 3.05) is 17.6 Å². The first-order valence-electron chi connectivity index (χ1n) is 7.72. The molecule has 0 atom stereocenters. The zero-order valence-corrected chi connectivity index (χ0v) is 12.6. The number of nitrogens with two attached hydrogens (primary N) is 1. The van der Waals surface area contributed by atoms with Gasteiger partial charge in [-0.25, -0.2) is 4.68 Å². The lowest BCUT2D eigenvalue weighted by Gasteiger charge is -2.28. The summed E-state index contributed by atoms with van der Waals surface area (Å²) in [6.45, 7) is 8.28. The molecular formula is C15H28N4. The zero-order valence-electron chi connectivity index (χ0n) is 12.6. The minimum atomic E-state index is 0.794. The van der Waals surface area contributed by atoms with Crippen molar-refractivity contribution in [3.63, 3.8) is 0 Å². The third-order valence-electron chi connectivity index (χ3n) is 4.58. The predicted molar refractivity (Wildman–Crippen MR) is 81.3 cm³/mol. The molecule has 4 nitrogen and oxygen atoms in total. The summed E-state index contributed by atoms with van der Waals surface area (Å²) in [6.07, 6.45) is 6.83. The summed E-state index contributed by atoms with van der Waals surface area (Å²) in [4.78, 5) is 0. The monoisotopic (exact) mass is 264 g/mol. The molecule has 0 unspecified atom stereocenters. The Morgan fingerprint density at radius 1 is 1.21 bits per heavy atom. The quantitative estimate of drug-likeness (QED) is 0.856. The molecule has 0 saturated heterocycles. The molecule has 0 aromatic carbocycles. The first kappa shape index (κ1) is 14.2. The number of nitrogens with one attached hydrogen (secondary N) is 1. The van der Waals surface area contributed by atoms with Gasteiger partial charge in [0.15, 0.2) is 0 Å². The fourth-order valence-corrected chi connectivity index (χ4v) is 3.10. The lowest BCUT2D eigenvalue weighted by Crippen LogP contribution is -2.22. The van der Waals surface area contributed by atoms with Crippen molar-refractivity contribution in [1.29, 1.82) is 0 Å². The number of aryl methyl sites for hydroxylation is 2. The highest BCUT2D eigenvalue weighted by Crippen LogP contribution is 2.31. The minimum Gasteiger partial charge on any atom is -0.394 e. The molecule has 1 aromatic heterocycles. The normalized spacial score (nSPS) is 23.5. The summed E-state index contributed by atoms with van der Waals surface area (Å²) in [5.74, 6) is 2.77. The molecule has 19 heavy (non-hydrogen) atoms. The average molecular weight is 264 g/mol. The summed E-state index contributed by atoms with van der Waals surface area (Å²) >= 11 is 0. The van der Waals surface area contributed by atoms with E-state index in [-0.39, 0.29) is 0 Å². The average Bonchev–Trinajstić information content (AvgIpc) is 2.72. The van der Waals surface area contributed by atoms with E-state index in [1.807, 2.05) is 11.6 Å². The summed E-state index contributed by atoms with van der Waals surface area (Å²) in [5, 5.41) is 7.98. The Hall–Kier alpha value is -1.19. The van der Waals surface area contributed by atoms with Gasteiger partial charge in [0.1, 0.15) is 5.82 Å². The van der Waals surface area contributed by atoms with Crippen molar-refractivity contribution in [3.05, 3.63) is 5.69 Å². The van der Waals surface area contributed by atoms with Gasteiger partial charge >= 0.3 is 0 Å². The van der Waals surface area contributed by atoms with Crippen molar-refractivity contribution in [3.8, 4) is 0 Å². The van der Waals surface area contributed by atoms with Gasteiger partial charge in [0.2, 0.25) is 0 Å². The second-order valence-corrected chi connectivity index (χ2v) is 5.84. The molecule has 0 radical (unpaired) electrons. The van der Waals surface area contributed by atoms with Crippen LogP contribution < -0.4 is 11.1 Å². The van der Waals surface area contributed by atoms with Gasteiger partial charge in [-0.15, -0.1) is 0 Å². The summed E-state index contributed by atoms with van der Waals surface area (Å²) in [7, 11) is 0. The van der Waals surface area contributed by atoms with E-state index in [1.54, 1.807) is 0 Å². The van der Waals surface area contributed by atoms with Crippen LogP contribution in [0.2, 0.25) is 0 Å². The highest BCUT2D eigenvalue weighted by molar-refractivity contribution is 5.64. The molecule has 4 heteroatoms. The molecule has 108 valence electrons. The third-order valence-corrected chi connectivity index (χ3v) is 4.58. The second-order valence-electron chi connectivity index (χ2n) is 5.84. The molecular weight excluding hydrogens is 236 g/mol. The van der Waals surface area contributed by atoms with E-state index in [0.29, 0.717) is 0 Å². The fourth-order valence-electron chi connectivity index (χ4n) is 3.10. The van der Waals surface area contributed by atoms with Crippen molar-refractivity contribution >= 4 is 11.5 Å². The van der Waals surface area contributed by atoms with Gasteiger partial charge in [0.05, 0.1) is 11.4 Å². The number of anilines is 2. The van der Waals surface area contributed by atoms with Crippen LogP contribution in [0.4, 0.5) is 11.5 Å². The largest absolute Gasteiger partial charge is 0.394 e. The lowest BCUT2D eigenvalue weighted by atomic mass is 9.81. The molecule has 0 amide bonds. The van der Waals surface area contributed by atoms with E-state index >= 15 is 0 Å². The Morgan fingerprint density at radius 3 is 2.42 bits per heavy atom. The Kier molecular flexibility index (Phi) is 4.72. The lowest BCUT2D eigenvalue weighted by molar-refractivity contribution is 0.278. The van der Waals surface area contributed by atoms with Crippen LogP contribution in [0.25, 0.3) is 0 Å². The SMILES string of the molecule is CCC1CCC(CNc2c(N)c(C)nn2CC)CC1. The highest BCUT2D eigenvalue weighted by Gasteiger charge is 2.20. The van der Waals surface area contributed by atoms with Crippen molar-refractivity contribution in [2.45, 2.75) is 59.4 Å². The fraction of sp³-hybridized carbons (Fsp3) is 0.800. The van der Waals surface area contributed by atoms with Crippen LogP contribution in [0, 0.1) is 18.8 Å². The van der Waals surface area contributed by atoms with Crippen molar-refractivity contribution in [2.24, 2.45) is 11.8 Å². The molecule has 0 bridgehead atoms. The molecule has 2 rings (SSSR count). The van der Waals surface area contributed by atoms with E-state index in [9.17, 15) is 0 Å². The van der Waals surface area contributed by atoms with Crippen molar-refractivity contribution < 1.29 is 0 Å². The smallest absolute Gasteiger partial charge is 0.148 e. The molecule has 1 aliphatic carbocycles. The van der Waals surface area contributed by atoms with Crippen LogP contribution in [-0.2, 0) is 6.54 Å². The maximum atomic E-state index is 6.09. The van der Waals surface area contributed by atoms with Crippen LogP contribution in [0.5, 0.6) is 0 Å². The number of rotatable bonds is 5. The molecule has 1 saturated carbocycles. The summed E-state index contributed by atoms with van der Waals surface area (Å²) in [5.41, 5.74) is 7.83. The van der Waals surface area contributed by atoms with Gasteiger partial charge in [-0.05, 0) is 38.5 Å². The van der Waals surface area contributed by atoms with Crippen LogP contribution in [-0.4, -0.2) is 16.3 Å². The van der Waals surface area contributed by atoms with Crippen molar-refractivity contribution in [1.82, 2.24) is 9.78 Å². The minimum absolute atomic E-state index is 0.794. The zero-order chi connectivity index (χ0) is 13.8. The molecule has 1 heterocycles. The predicted octanol–water partition coefficient (Wildman–Crippen LogP) is 3.42. The highest BCUT2D eigenvalue weighted by atomic mass is 15.3. The van der Waals surface area contributed by atoms with Gasteiger partial charge in [0.25, 0.3) is 0 Å².